The van der Waals surface area contributed by atoms with E-state index in [1.165, 1.54) is 18.5 Å². The van der Waals surface area contributed by atoms with Crippen molar-refractivity contribution in [3.05, 3.63) is 35.5 Å². The van der Waals surface area contributed by atoms with Crippen molar-refractivity contribution >= 4 is 28.2 Å². The van der Waals surface area contributed by atoms with Gasteiger partial charge in [0.15, 0.2) is 0 Å². The van der Waals surface area contributed by atoms with Crippen molar-refractivity contribution in [2.75, 3.05) is 18.0 Å². The molecule has 2 nitrogen and oxygen atoms in total. The molecule has 1 aromatic heterocycles. The first-order valence-corrected chi connectivity index (χ1v) is 6.01. The molecule has 2 heterocycles. The highest BCUT2D eigenvalue weighted by Crippen LogP contribution is 2.28. The molecule has 0 saturated carbocycles. The summed E-state index contributed by atoms with van der Waals surface area (Å²) in [5.74, 6) is 0. The van der Waals surface area contributed by atoms with Crippen LogP contribution in [0.3, 0.4) is 0 Å². The lowest BCUT2D eigenvalue weighted by molar-refractivity contribution is 0.949. The lowest BCUT2D eigenvalue weighted by Crippen LogP contribution is -2.17. The van der Waals surface area contributed by atoms with Gasteiger partial charge in [-0.15, -0.1) is 0 Å². The van der Waals surface area contributed by atoms with Gasteiger partial charge in [0, 0.05) is 24.7 Å². The summed E-state index contributed by atoms with van der Waals surface area (Å²) >= 11 is 5.95. The van der Waals surface area contributed by atoms with Crippen molar-refractivity contribution in [3.8, 4) is 0 Å². The van der Waals surface area contributed by atoms with Crippen LogP contribution in [0.1, 0.15) is 12.8 Å². The number of halogens is 1. The van der Waals surface area contributed by atoms with Crippen LogP contribution in [-0.4, -0.2) is 18.1 Å². The molecule has 3 heteroatoms. The maximum Gasteiger partial charge on any atom is 0.0936 e. The molecule has 0 spiro atoms. The summed E-state index contributed by atoms with van der Waals surface area (Å²) in [6.45, 7) is 2.28. The number of aromatic nitrogens is 1. The first kappa shape index (κ1) is 9.91. The van der Waals surface area contributed by atoms with Crippen molar-refractivity contribution in [2.24, 2.45) is 0 Å². The molecule has 0 radical (unpaired) electrons. The van der Waals surface area contributed by atoms with E-state index in [9.17, 15) is 0 Å². The first-order chi connectivity index (χ1) is 7.84. The summed E-state index contributed by atoms with van der Waals surface area (Å²) in [7, 11) is 0. The smallest absolute Gasteiger partial charge is 0.0936 e. The lowest BCUT2D eigenvalue weighted by Gasteiger charge is -2.18. The molecule has 0 unspecified atom stereocenters. The number of nitrogens with zero attached hydrogens (tertiary/aromatic N) is 2. The second kappa shape index (κ2) is 3.95. The Morgan fingerprint density at radius 3 is 2.81 bits per heavy atom. The third-order valence-corrected chi connectivity index (χ3v) is 3.31. The molecule has 16 heavy (non-hydrogen) atoms. The van der Waals surface area contributed by atoms with Crippen LogP contribution < -0.4 is 4.90 Å². The summed E-state index contributed by atoms with van der Waals surface area (Å²) < 4.78 is 0. The van der Waals surface area contributed by atoms with E-state index in [-0.39, 0.29) is 0 Å². The van der Waals surface area contributed by atoms with E-state index in [2.05, 4.69) is 28.1 Å². The van der Waals surface area contributed by atoms with E-state index in [0.29, 0.717) is 5.02 Å². The highest BCUT2D eigenvalue weighted by Gasteiger charge is 2.15. The fraction of sp³-hybridized carbons (Fsp3) is 0.308. The molecular formula is C13H13ClN2. The standard InChI is InChI=1S/C13H13ClN2/c14-11-8-10-4-3-5-12(13(10)15-9-11)16-6-1-2-7-16/h3-5,8-9H,1-2,6-7H2. The van der Waals surface area contributed by atoms with Crippen molar-refractivity contribution in [1.29, 1.82) is 0 Å². The van der Waals surface area contributed by atoms with Crippen molar-refractivity contribution in [1.82, 2.24) is 4.98 Å². The SMILES string of the molecule is Clc1cnc2c(N3CCCC3)cccc2c1. The van der Waals surface area contributed by atoms with Gasteiger partial charge in [-0.05, 0) is 25.0 Å². The average Bonchev–Trinajstić information content (AvgIpc) is 2.81. The Labute approximate surface area is 99.8 Å². The van der Waals surface area contributed by atoms with E-state index in [0.717, 1.165) is 24.0 Å². The molecule has 1 saturated heterocycles. The van der Waals surface area contributed by atoms with Gasteiger partial charge in [-0.25, -0.2) is 0 Å². The number of hydrogen-bond acceptors (Lipinski definition) is 2. The van der Waals surface area contributed by atoms with Crippen LogP contribution in [0.25, 0.3) is 10.9 Å². The van der Waals surface area contributed by atoms with Crippen molar-refractivity contribution in [2.45, 2.75) is 12.8 Å². The van der Waals surface area contributed by atoms with E-state index in [4.69, 9.17) is 11.6 Å². The zero-order valence-electron chi connectivity index (χ0n) is 8.99. The Morgan fingerprint density at radius 1 is 1.19 bits per heavy atom. The second-order valence-electron chi connectivity index (χ2n) is 4.20. The number of anilines is 1. The third-order valence-electron chi connectivity index (χ3n) is 3.10. The fourth-order valence-corrected chi connectivity index (χ4v) is 2.50. The summed E-state index contributed by atoms with van der Waals surface area (Å²) in [6, 6.07) is 8.26. The molecule has 1 fully saturated rings. The first-order valence-electron chi connectivity index (χ1n) is 5.64. The second-order valence-corrected chi connectivity index (χ2v) is 4.63. The van der Waals surface area contributed by atoms with Gasteiger partial charge >= 0.3 is 0 Å². The third kappa shape index (κ3) is 1.63. The highest BCUT2D eigenvalue weighted by atomic mass is 35.5. The highest BCUT2D eigenvalue weighted by molar-refractivity contribution is 6.31. The van der Waals surface area contributed by atoms with E-state index >= 15 is 0 Å². The molecule has 1 aliphatic heterocycles. The Bertz CT molecular complexity index is 518. The van der Waals surface area contributed by atoms with Gasteiger partial charge in [0.05, 0.1) is 16.2 Å². The molecule has 3 rings (SSSR count). The largest absolute Gasteiger partial charge is 0.370 e. The summed E-state index contributed by atoms with van der Waals surface area (Å²) in [4.78, 5) is 6.86. The molecule has 2 aromatic rings. The van der Waals surface area contributed by atoms with Crippen LogP contribution in [-0.2, 0) is 0 Å². The Kier molecular flexibility index (Phi) is 2.44. The van der Waals surface area contributed by atoms with Gasteiger partial charge in [-0.1, -0.05) is 23.7 Å². The molecule has 0 N–H and O–H groups in total. The quantitative estimate of drug-likeness (QED) is 0.748. The zero-order valence-corrected chi connectivity index (χ0v) is 9.74. The normalized spacial score (nSPS) is 15.9. The van der Waals surface area contributed by atoms with Crippen LogP contribution in [0, 0.1) is 0 Å². The van der Waals surface area contributed by atoms with Crippen molar-refractivity contribution in [3.63, 3.8) is 0 Å². The minimum absolute atomic E-state index is 0.700. The Morgan fingerprint density at radius 2 is 2.00 bits per heavy atom. The average molecular weight is 233 g/mol. The van der Waals surface area contributed by atoms with E-state index in [1.807, 2.05) is 6.07 Å². The molecule has 1 aliphatic rings. The fourth-order valence-electron chi connectivity index (χ4n) is 2.33. The van der Waals surface area contributed by atoms with Gasteiger partial charge in [0.2, 0.25) is 0 Å². The topological polar surface area (TPSA) is 16.1 Å². The number of hydrogen-bond donors (Lipinski definition) is 0. The molecule has 0 bridgehead atoms. The molecule has 0 aliphatic carbocycles. The maximum absolute atomic E-state index is 5.95. The zero-order chi connectivity index (χ0) is 11.0. The van der Waals surface area contributed by atoms with E-state index in [1.54, 1.807) is 6.20 Å². The summed E-state index contributed by atoms with van der Waals surface area (Å²) in [5, 5.41) is 1.82. The van der Waals surface area contributed by atoms with Crippen LogP contribution in [0.5, 0.6) is 0 Å². The minimum atomic E-state index is 0.700. The number of rotatable bonds is 1. The van der Waals surface area contributed by atoms with Crippen LogP contribution in [0.4, 0.5) is 5.69 Å². The van der Waals surface area contributed by atoms with E-state index < -0.39 is 0 Å². The van der Waals surface area contributed by atoms with Gasteiger partial charge in [0.25, 0.3) is 0 Å². The van der Waals surface area contributed by atoms with Gasteiger partial charge < -0.3 is 4.90 Å². The number of pyridine rings is 1. The summed E-state index contributed by atoms with van der Waals surface area (Å²) in [6.07, 6.45) is 4.29. The van der Waals surface area contributed by atoms with Crippen LogP contribution in [0.15, 0.2) is 30.5 Å². The minimum Gasteiger partial charge on any atom is -0.370 e. The van der Waals surface area contributed by atoms with Gasteiger partial charge in [-0.2, -0.15) is 0 Å². The Hall–Kier alpha value is -1.28. The molecular weight excluding hydrogens is 220 g/mol. The number of fused-ring (bicyclic) bond motifs is 1. The summed E-state index contributed by atoms with van der Waals surface area (Å²) in [5.41, 5.74) is 2.31. The van der Waals surface area contributed by atoms with Gasteiger partial charge in [-0.3, -0.25) is 4.98 Å². The number of benzene rings is 1. The van der Waals surface area contributed by atoms with Crippen LogP contribution in [0.2, 0.25) is 5.02 Å². The molecule has 1 aromatic carbocycles. The van der Waals surface area contributed by atoms with Crippen molar-refractivity contribution < 1.29 is 0 Å². The predicted molar refractivity (Wildman–Crippen MR) is 68.2 cm³/mol. The lowest BCUT2D eigenvalue weighted by atomic mass is 10.2. The molecule has 0 amide bonds. The molecule has 0 atom stereocenters. The predicted octanol–water partition coefficient (Wildman–Crippen LogP) is 3.49. The van der Waals surface area contributed by atoms with Crippen LogP contribution >= 0.6 is 11.6 Å². The maximum atomic E-state index is 5.95. The molecule has 82 valence electrons. The van der Waals surface area contributed by atoms with Gasteiger partial charge in [0.1, 0.15) is 0 Å². The number of para-hydroxylation sites is 1. The Balaban J connectivity index is 2.16. The monoisotopic (exact) mass is 232 g/mol.